The number of quaternary nitrogens is 1. The average Bonchev–Trinajstić information content (AvgIpc) is 2.64. The number of anilines is 1. The second-order valence-corrected chi connectivity index (χ2v) is 7.74. The van der Waals surface area contributed by atoms with Crippen LogP contribution >= 0.6 is 11.6 Å². The second kappa shape index (κ2) is 7.33. The number of aryl methyl sites for hydroxylation is 1. The number of nitrogens with one attached hydrogen (secondary N) is 2. The predicted octanol–water partition coefficient (Wildman–Crippen LogP) is 2.10. The summed E-state index contributed by atoms with van der Waals surface area (Å²) in [6, 6.07) is 11.7. The summed E-state index contributed by atoms with van der Waals surface area (Å²) in [5.74, 6) is 0.727. The number of benzene rings is 2. The summed E-state index contributed by atoms with van der Waals surface area (Å²) in [6.45, 7) is 9.12. The molecule has 0 atom stereocenters. The zero-order valence-corrected chi connectivity index (χ0v) is 16.4. The van der Waals surface area contributed by atoms with Gasteiger partial charge in [0, 0.05) is 10.7 Å². The molecular weight excluding hydrogens is 360 g/mol. The summed E-state index contributed by atoms with van der Waals surface area (Å²) in [5.41, 5.74) is 4.59. The van der Waals surface area contributed by atoms with E-state index in [0.29, 0.717) is 15.9 Å². The van der Waals surface area contributed by atoms with Gasteiger partial charge in [0.15, 0.2) is 5.82 Å². The number of rotatable bonds is 3. The molecule has 6 heteroatoms. The van der Waals surface area contributed by atoms with Gasteiger partial charge in [0.05, 0.1) is 37.1 Å². The molecule has 140 valence electrons. The maximum absolute atomic E-state index is 12.3. The highest BCUT2D eigenvalue weighted by molar-refractivity contribution is 6.31. The highest BCUT2D eigenvalue weighted by Gasteiger charge is 2.22. The summed E-state index contributed by atoms with van der Waals surface area (Å²) in [6.07, 6.45) is 0. The summed E-state index contributed by atoms with van der Waals surface area (Å²) in [7, 11) is 0. The number of aromatic nitrogens is 2. The van der Waals surface area contributed by atoms with Crippen LogP contribution in [0.2, 0.25) is 5.02 Å². The highest BCUT2D eigenvalue weighted by atomic mass is 35.5. The molecule has 2 aromatic carbocycles. The first-order chi connectivity index (χ1) is 13.0. The van der Waals surface area contributed by atoms with Crippen molar-refractivity contribution in [3.8, 4) is 0 Å². The Morgan fingerprint density at radius 3 is 2.74 bits per heavy atom. The van der Waals surface area contributed by atoms with Crippen molar-refractivity contribution in [2.45, 2.75) is 20.4 Å². The largest absolute Gasteiger partial charge is 0.360 e. The van der Waals surface area contributed by atoms with Crippen LogP contribution in [0.5, 0.6) is 0 Å². The molecule has 2 N–H and O–H groups in total. The van der Waals surface area contributed by atoms with E-state index in [-0.39, 0.29) is 5.56 Å². The van der Waals surface area contributed by atoms with Crippen LogP contribution < -0.4 is 15.4 Å². The Kier molecular flexibility index (Phi) is 4.89. The van der Waals surface area contributed by atoms with Crippen molar-refractivity contribution < 1.29 is 4.90 Å². The Morgan fingerprint density at radius 2 is 1.96 bits per heavy atom. The normalized spacial score (nSPS) is 15.4. The van der Waals surface area contributed by atoms with E-state index in [2.05, 4.69) is 46.9 Å². The molecule has 2 heterocycles. The first-order valence-corrected chi connectivity index (χ1v) is 9.72. The van der Waals surface area contributed by atoms with Crippen molar-refractivity contribution in [3.05, 3.63) is 68.7 Å². The van der Waals surface area contributed by atoms with Gasteiger partial charge in [-0.25, -0.2) is 4.98 Å². The van der Waals surface area contributed by atoms with Crippen molar-refractivity contribution in [2.24, 2.45) is 0 Å². The van der Waals surface area contributed by atoms with Gasteiger partial charge in [0.1, 0.15) is 6.54 Å². The second-order valence-electron chi connectivity index (χ2n) is 7.31. The van der Waals surface area contributed by atoms with Crippen LogP contribution in [0.15, 0.2) is 41.2 Å². The molecule has 0 spiro atoms. The highest BCUT2D eigenvalue weighted by Crippen LogP contribution is 2.22. The molecule has 27 heavy (non-hydrogen) atoms. The van der Waals surface area contributed by atoms with Gasteiger partial charge in [-0.3, -0.25) is 4.79 Å². The maximum atomic E-state index is 12.3. The molecule has 3 aromatic rings. The fourth-order valence-corrected chi connectivity index (χ4v) is 3.97. The molecule has 0 aliphatic carbocycles. The van der Waals surface area contributed by atoms with Crippen LogP contribution in [0.3, 0.4) is 0 Å². The van der Waals surface area contributed by atoms with Crippen molar-refractivity contribution in [2.75, 3.05) is 31.1 Å². The number of nitrogens with zero attached hydrogens (tertiary/aromatic N) is 2. The minimum atomic E-state index is -0.0971. The number of hydrogen-bond acceptors (Lipinski definition) is 3. The SMILES string of the molecule is Cc1cccc(N2CC[NH+](Cc3nc4cc(Cl)ccc4c(=O)[nH]3)CC2)c1C. The zero-order chi connectivity index (χ0) is 19.0. The summed E-state index contributed by atoms with van der Waals surface area (Å²) in [5, 5.41) is 1.18. The first-order valence-electron chi connectivity index (χ1n) is 9.34. The van der Waals surface area contributed by atoms with Gasteiger partial charge in [-0.15, -0.1) is 0 Å². The first kappa shape index (κ1) is 18.0. The molecule has 4 rings (SSSR count). The van der Waals surface area contributed by atoms with Gasteiger partial charge in [-0.2, -0.15) is 0 Å². The van der Waals surface area contributed by atoms with E-state index in [1.807, 2.05) is 0 Å². The summed E-state index contributed by atoms with van der Waals surface area (Å²) < 4.78 is 0. The van der Waals surface area contributed by atoms with Crippen LogP contribution in [-0.4, -0.2) is 36.1 Å². The van der Waals surface area contributed by atoms with Crippen LogP contribution in [0, 0.1) is 13.8 Å². The molecule has 1 fully saturated rings. The van der Waals surface area contributed by atoms with Gasteiger partial charge in [-0.05, 0) is 49.2 Å². The van der Waals surface area contributed by atoms with E-state index in [1.165, 1.54) is 21.7 Å². The van der Waals surface area contributed by atoms with E-state index >= 15 is 0 Å². The molecule has 1 aliphatic heterocycles. The molecule has 1 saturated heterocycles. The quantitative estimate of drug-likeness (QED) is 0.728. The van der Waals surface area contributed by atoms with E-state index in [4.69, 9.17) is 11.6 Å². The zero-order valence-electron chi connectivity index (χ0n) is 15.7. The van der Waals surface area contributed by atoms with Crippen molar-refractivity contribution >= 4 is 28.2 Å². The Balaban J connectivity index is 1.47. The number of hydrogen-bond donors (Lipinski definition) is 2. The van der Waals surface area contributed by atoms with Crippen molar-refractivity contribution in [1.29, 1.82) is 0 Å². The van der Waals surface area contributed by atoms with Crippen LogP contribution in [0.4, 0.5) is 5.69 Å². The summed E-state index contributed by atoms with van der Waals surface area (Å²) in [4.78, 5) is 23.7. The minimum Gasteiger partial charge on any atom is -0.360 e. The number of piperazine rings is 1. The van der Waals surface area contributed by atoms with E-state index in [0.717, 1.165) is 38.5 Å². The minimum absolute atomic E-state index is 0.0971. The van der Waals surface area contributed by atoms with Crippen LogP contribution in [0.1, 0.15) is 17.0 Å². The number of H-pyrrole nitrogens is 1. The molecular formula is C21H24ClN4O+. The fourth-order valence-electron chi connectivity index (χ4n) is 3.80. The predicted molar refractivity (Wildman–Crippen MR) is 110 cm³/mol. The van der Waals surface area contributed by atoms with Gasteiger partial charge in [0.2, 0.25) is 0 Å². The van der Waals surface area contributed by atoms with E-state index in [9.17, 15) is 4.79 Å². The lowest BCUT2D eigenvalue weighted by Gasteiger charge is -2.34. The lowest BCUT2D eigenvalue weighted by atomic mass is 10.1. The Morgan fingerprint density at radius 1 is 1.19 bits per heavy atom. The maximum Gasteiger partial charge on any atom is 0.258 e. The topological polar surface area (TPSA) is 53.4 Å². The monoisotopic (exact) mass is 383 g/mol. The lowest BCUT2D eigenvalue weighted by Crippen LogP contribution is -3.13. The van der Waals surface area contributed by atoms with Crippen LogP contribution in [0.25, 0.3) is 10.9 Å². The van der Waals surface area contributed by atoms with Gasteiger partial charge in [-0.1, -0.05) is 23.7 Å². The third kappa shape index (κ3) is 3.70. The summed E-state index contributed by atoms with van der Waals surface area (Å²) >= 11 is 6.05. The van der Waals surface area contributed by atoms with Gasteiger partial charge >= 0.3 is 0 Å². The Labute approximate surface area is 163 Å². The van der Waals surface area contributed by atoms with Crippen molar-refractivity contribution in [3.63, 3.8) is 0 Å². The smallest absolute Gasteiger partial charge is 0.258 e. The average molecular weight is 384 g/mol. The molecule has 1 aliphatic rings. The molecule has 0 bridgehead atoms. The number of fused-ring (bicyclic) bond motifs is 1. The van der Waals surface area contributed by atoms with E-state index in [1.54, 1.807) is 18.2 Å². The lowest BCUT2D eigenvalue weighted by molar-refractivity contribution is -0.915. The molecule has 5 nitrogen and oxygen atoms in total. The molecule has 0 amide bonds. The standard InChI is InChI=1S/C21H23ClN4O/c1-14-4-3-5-19(15(14)2)26-10-8-25(9-11-26)13-20-23-18-12-16(22)6-7-17(18)21(27)24-20/h3-7,12H,8-11,13H2,1-2H3,(H,23,24,27)/p+1. The fraction of sp³-hybridized carbons (Fsp3) is 0.333. The van der Waals surface area contributed by atoms with Crippen molar-refractivity contribution in [1.82, 2.24) is 9.97 Å². The van der Waals surface area contributed by atoms with Gasteiger partial charge < -0.3 is 14.8 Å². The molecule has 0 saturated carbocycles. The Hall–Kier alpha value is -2.37. The van der Waals surface area contributed by atoms with Crippen LogP contribution in [-0.2, 0) is 6.54 Å². The van der Waals surface area contributed by atoms with Gasteiger partial charge in [0.25, 0.3) is 5.56 Å². The molecule has 0 radical (unpaired) electrons. The van der Waals surface area contributed by atoms with E-state index < -0.39 is 0 Å². The molecule has 0 unspecified atom stereocenters. The molecule has 1 aromatic heterocycles. The third-order valence-electron chi connectivity index (χ3n) is 5.52. The number of halogens is 1. The number of aromatic amines is 1. The third-order valence-corrected chi connectivity index (χ3v) is 5.76. The Bertz CT molecular complexity index is 1040.